The van der Waals surface area contributed by atoms with Gasteiger partial charge in [-0.25, -0.2) is 0 Å². The van der Waals surface area contributed by atoms with Gasteiger partial charge in [0, 0.05) is 3.42 Å². The van der Waals surface area contributed by atoms with Crippen LogP contribution in [0.1, 0.15) is 52.2 Å². The quantitative estimate of drug-likeness (QED) is 0.529. The molecule has 0 aromatic heterocycles. The lowest BCUT2D eigenvalue weighted by Gasteiger charge is -2.24. The molecule has 0 heterocycles. The van der Waals surface area contributed by atoms with Crippen LogP contribution < -0.4 is 0 Å². The minimum absolute atomic E-state index is 0.256. The molecule has 1 aromatic rings. The third-order valence-electron chi connectivity index (χ3n) is 3.02. The summed E-state index contributed by atoms with van der Waals surface area (Å²) < 4.78 is 0.272. The first-order valence-corrected chi connectivity index (χ1v) is 6.65. The van der Waals surface area contributed by atoms with E-state index in [-0.39, 0.29) is 8.84 Å². The highest BCUT2D eigenvalue weighted by Gasteiger charge is 2.21. The Bertz CT molecular complexity index is 314. The van der Waals surface area contributed by atoms with Crippen molar-refractivity contribution in [3.8, 4) is 0 Å². The summed E-state index contributed by atoms with van der Waals surface area (Å²) in [6, 6.07) is 9.08. The van der Waals surface area contributed by atoms with Crippen LogP contribution in [-0.2, 0) is 8.84 Å². The van der Waals surface area contributed by atoms with Crippen LogP contribution in [0.5, 0.6) is 0 Å². The molecule has 1 atom stereocenters. The van der Waals surface area contributed by atoms with E-state index >= 15 is 0 Å². The van der Waals surface area contributed by atoms with E-state index in [2.05, 4.69) is 81.5 Å². The van der Waals surface area contributed by atoms with E-state index in [1.54, 1.807) is 0 Å². The van der Waals surface area contributed by atoms with Crippen LogP contribution >= 0.6 is 22.6 Å². The van der Waals surface area contributed by atoms with Crippen LogP contribution in [0.4, 0.5) is 0 Å². The highest BCUT2D eigenvalue weighted by molar-refractivity contribution is 14.1. The second-order valence-corrected chi connectivity index (χ2v) is 7.76. The zero-order chi connectivity index (χ0) is 11.7. The lowest BCUT2D eigenvalue weighted by molar-refractivity contribution is 0.589. The molecule has 0 amide bonds. The Balaban J connectivity index is 3.01. The van der Waals surface area contributed by atoms with E-state index in [1.807, 2.05) is 0 Å². The van der Waals surface area contributed by atoms with Crippen molar-refractivity contribution in [2.24, 2.45) is 0 Å². The molecule has 0 spiro atoms. The van der Waals surface area contributed by atoms with Crippen LogP contribution in [0.3, 0.4) is 0 Å². The first-order chi connectivity index (χ1) is 6.77. The molecule has 0 bridgehead atoms. The molecule has 84 valence electrons. The van der Waals surface area contributed by atoms with E-state index in [1.165, 1.54) is 17.5 Å². The Morgan fingerprint density at radius 2 is 1.33 bits per heavy atom. The summed E-state index contributed by atoms with van der Waals surface area (Å²) in [7, 11) is 0. The molecule has 0 fully saturated rings. The van der Waals surface area contributed by atoms with E-state index in [0.29, 0.717) is 0 Å². The van der Waals surface area contributed by atoms with Gasteiger partial charge < -0.3 is 0 Å². The molecule has 1 unspecified atom stereocenters. The monoisotopic (exact) mass is 316 g/mol. The summed E-state index contributed by atoms with van der Waals surface area (Å²) in [5.41, 5.74) is 3.10. The second kappa shape index (κ2) is 4.44. The summed E-state index contributed by atoms with van der Waals surface area (Å²) in [6.45, 7) is 11.3. The van der Waals surface area contributed by atoms with E-state index < -0.39 is 0 Å². The molecule has 0 aliphatic heterocycles. The number of hydrogen-bond donors (Lipinski definition) is 0. The van der Waals surface area contributed by atoms with Crippen molar-refractivity contribution < 1.29 is 0 Å². The van der Waals surface area contributed by atoms with Gasteiger partial charge in [0.1, 0.15) is 0 Å². The summed E-state index contributed by atoms with van der Waals surface area (Å²) in [4.78, 5) is 0. The fraction of sp³-hybridized carbons (Fsp3) is 0.571. The summed E-state index contributed by atoms with van der Waals surface area (Å²) >= 11 is 2.54. The normalized spacial score (nSPS) is 16.1. The molecular weight excluding hydrogens is 295 g/mol. The van der Waals surface area contributed by atoms with Crippen LogP contribution in [0.15, 0.2) is 24.3 Å². The molecule has 1 heteroatoms. The maximum Gasteiger partial charge on any atom is 0.0439 e. The van der Waals surface area contributed by atoms with Gasteiger partial charge in [0.25, 0.3) is 0 Å². The molecule has 1 aromatic carbocycles. The van der Waals surface area contributed by atoms with Gasteiger partial charge in [-0.05, 0) is 29.9 Å². The Morgan fingerprint density at radius 1 is 0.933 bits per heavy atom. The molecule has 15 heavy (non-hydrogen) atoms. The zero-order valence-corrected chi connectivity index (χ0v) is 12.6. The SMILES string of the molecule is CCC(C)(I)c1ccc(C(C)(C)C)cc1. The number of halogens is 1. The smallest absolute Gasteiger partial charge is 0.0439 e. The molecule has 0 aliphatic carbocycles. The van der Waals surface area contributed by atoms with Gasteiger partial charge in [0.05, 0.1) is 0 Å². The lowest BCUT2D eigenvalue weighted by atomic mass is 9.85. The van der Waals surface area contributed by atoms with Crippen LogP contribution in [0.25, 0.3) is 0 Å². The fourth-order valence-corrected chi connectivity index (χ4v) is 1.88. The maximum atomic E-state index is 2.54. The number of alkyl halides is 1. The first-order valence-electron chi connectivity index (χ1n) is 5.57. The molecule has 0 radical (unpaired) electrons. The third-order valence-corrected chi connectivity index (χ3v) is 4.40. The maximum absolute atomic E-state index is 2.54. The van der Waals surface area contributed by atoms with Gasteiger partial charge in [0.2, 0.25) is 0 Å². The van der Waals surface area contributed by atoms with E-state index in [4.69, 9.17) is 0 Å². The Hall–Kier alpha value is -0.0500. The van der Waals surface area contributed by atoms with Crippen molar-refractivity contribution in [3.05, 3.63) is 35.4 Å². The van der Waals surface area contributed by atoms with Crippen LogP contribution in [0, 0.1) is 0 Å². The first kappa shape index (κ1) is 13.0. The van der Waals surface area contributed by atoms with Gasteiger partial charge in [-0.1, -0.05) is 74.6 Å². The third kappa shape index (κ3) is 3.20. The highest BCUT2D eigenvalue weighted by Crippen LogP contribution is 2.35. The van der Waals surface area contributed by atoms with Crippen LogP contribution in [-0.4, -0.2) is 0 Å². The topological polar surface area (TPSA) is 0 Å². The highest BCUT2D eigenvalue weighted by atomic mass is 127. The average molecular weight is 316 g/mol. The number of hydrogen-bond acceptors (Lipinski definition) is 0. The van der Waals surface area contributed by atoms with E-state index in [9.17, 15) is 0 Å². The van der Waals surface area contributed by atoms with Crippen molar-refractivity contribution in [2.75, 3.05) is 0 Å². The Morgan fingerprint density at radius 3 is 1.67 bits per heavy atom. The van der Waals surface area contributed by atoms with Crippen molar-refractivity contribution >= 4 is 22.6 Å². The number of benzene rings is 1. The van der Waals surface area contributed by atoms with E-state index in [0.717, 1.165) is 0 Å². The molecule has 0 saturated carbocycles. The number of rotatable bonds is 2. The standard InChI is InChI=1S/C14H21I/c1-6-14(5,15)12-9-7-11(8-10-12)13(2,3)4/h7-10H,6H2,1-5H3. The molecule has 1 rings (SSSR count). The second-order valence-electron chi connectivity index (χ2n) is 5.38. The predicted octanol–water partition coefficient (Wildman–Crippen LogP) is 5.04. The van der Waals surface area contributed by atoms with Crippen molar-refractivity contribution in [1.82, 2.24) is 0 Å². The fourth-order valence-electron chi connectivity index (χ4n) is 1.52. The van der Waals surface area contributed by atoms with Crippen molar-refractivity contribution in [2.45, 2.75) is 49.9 Å². The van der Waals surface area contributed by atoms with Crippen molar-refractivity contribution in [1.29, 1.82) is 0 Å². The summed E-state index contributed by atoms with van der Waals surface area (Å²) in [6.07, 6.45) is 1.17. The van der Waals surface area contributed by atoms with Gasteiger partial charge in [-0.2, -0.15) is 0 Å². The van der Waals surface area contributed by atoms with Gasteiger partial charge >= 0.3 is 0 Å². The molecule has 0 aliphatic rings. The zero-order valence-electron chi connectivity index (χ0n) is 10.4. The van der Waals surface area contributed by atoms with Crippen molar-refractivity contribution in [3.63, 3.8) is 0 Å². The predicted molar refractivity (Wildman–Crippen MR) is 76.8 cm³/mol. The Labute approximate surface area is 108 Å². The lowest BCUT2D eigenvalue weighted by Crippen LogP contribution is -2.14. The van der Waals surface area contributed by atoms with Gasteiger partial charge in [0.15, 0.2) is 0 Å². The van der Waals surface area contributed by atoms with Crippen LogP contribution in [0.2, 0.25) is 0 Å². The van der Waals surface area contributed by atoms with Gasteiger partial charge in [-0.15, -0.1) is 0 Å². The minimum Gasteiger partial charge on any atom is -0.0740 e. The summed E-state index contributed by atoms with van der Waals surface area (Å²) in [5, 5.41) is 0. The van der Waals surface area contributed by atoms with Gasteiger partial charge in [-0.3, -0.25) is 0 Å². The molecular formula is C14H21I. The molecule has 0 N–H and O–H groups in total. The summed E-state index contributed by atoms with van der Waals surface area (Å²) in [5.74, 6) is 0. The molecule has 0 nitrogen and oxygen atoms in total. The Kier molecular flexibility index (Phi) is 3.85. The average Bonchev–Trinajstić information content (AvgIpc) is 2.17. The minimum atomic E-state index is 0.256. The largest absolute Gasteiger partial charge is 0.0740 e. The molecule has 0 saturated heterocycles.